The number of hydrogen-bond donors (Lipinski definition) is 0. The van der Waals surface area contributed by atoms with Crippen LogP contribution in [0.5, 0.6) is 0 Å². The van der Waals surface area contributed by atoms with Gasteiger partial charge in [0, 0.05) is 76.8 Å². The van der Waals surface area contributed by atoms with Crippen molar-refractivity contribution < 1.29 is 32.3 Å². The average Bonchev–Trinajstić information content (AvgIpc) is 1.68. The van der Waals surface area contributed by atoms with Crippen molar-refractivity contribution >= 4 is 114 Å². The molecule has 0 saturated carbocycles. The molecule has 554 valence electrons. The van der Waals surface area contributed by atoms with Crippen LogP contribution in [0.3, 0.4) is 0 Å². The first-order chi connectivity index (χ1) is 54.4. The van der Waals surface area contributed by atoms with Crippen LogP contribution in [-0.4, -0.2) is 89.4 Å². The van der Waals surface area contributed by atoms with Crippen molar-refractivity contribution in [1.29, 1.82) is 0 Å². The molecule has 0 bridgehead atoms. The normalized spacial score (nSPS) is 16.5. The Bertz CT molecular complexity index is 6440. The number of hydrogen-bond acceptors (Lipinski definition) is 13. The van der Waals surface area contributed by atoms with Crippen LogP contribution in [0.15, 0.2) is 296 Å². The summed E-state index contributed by atoms with van der Waals surface area (Å²) in [5.74, 6) is 2.09. The molecule has 0 aliphatic carbocycles. The summed E-state index contributed by atoms with van der Waals surface area (Å²) in [7, 11) is -1.19. The van der Waals surface area contributed by atoms with Crippen molar-refractivity contribution in [2.75, 3.05) is 0 Å². The van der Waals surface area contributed by atoms with Gasteiger partial charge in [-0.25, -0.2) is 29.9 Å². The Morgan fingerprint density at radius 3 is 1.01 bits per heavy atom. The fourth-order valence-electron chi connectivity index (χ4n) is 15.0. The van der Waals surface area contributed by atoms with E-state index in [1.807, 2.05) is 127 Å². The van der Waals surface area contributed by atoms with E-state index in [0.717, 1.165) is 139 Å². The van der Waals surface area contributed by atoms with E-state index in [2.05, 4.69) is 251 Å². The molecule has 5 aromatic heterocycles. The number of aromatic nitrogens is 7. The third-order valence-electron chi connectivity index (χ3n) is 23.6. The lowest BCUT2D eigenvalue weighted by molar-refractivity contribution is 0.00578. The number of rotatable bonds is 10. The third kappa shape index (κ3) is 13.4. The zero-order valence-corrected chi connectivity index (χ0v) is 65.4. The summed E-state index contributed by atoms with van der Waals surface area (Å²) in [4.78, 5) is 29.9. The first kappa shape index (κ1) is 72.7. The van der Waals surface area contributed by atoms with Crippen molar-refractivity contribution in [2.45, 2.75) is 117 Å². The highest BCUT2D eigenvalue weighted by Crippen LogP contribution is 2.43. The van der Waals surface area contributed by atoms with E-state index in [9.17, 15) is 0 Å². The first-order valence-corrected chi connectivity index (χ1v) is 38.7. The zero-order valence-electron chi connectivity index (χ0n) is 65.4. The van der Waals surface area contributed by atoms with Crippen molar-refractivity contribution in [2.24, 2.45) is 0 Å². The first-order valence-electron chi connectivity index (χ1n) is 38.7. The molecule has 12 aromatic carbocycles. The van der Waals surface area contributed by atoms with E-state index in [-0.39, 0.29) is 40.7 Å². The smallest absolute Gasteiger partial charge is 0.456 e. The van der Waals surface area contributed by atoms with Crippen LogP contribution in [0.25, 0.3) is 150 Å². The second-order valence-corrected chi connectivity index (χ2v) is 32.5. The molecule has 113 heavy (non-hydrogen) atoms. The summed E-state index contributed by atoms with van der Waals surface area (Å²) >= 11 is 0. The molecule has 0 N–H and O–H groups in total. The molecular formula is C96H84B3N7O7. The fraction of sp³-hybridized carbons (Fsp3) is 0.188. The number of para-hydroxylation sites is 6. The van der Waals surface area contributed by atoms with E-state index in [1.54, 1.807) is 0 Å². The molecule has 3 aliphatic rings. The van der Waals surface area contributed by atoms with Crippen LogP contribution in [0.4, 0.5) is 0 Å². The molecule has 3 aliphatic heterocycles. The van der Waals surface area contributed by atoms with E-state index in [4.69, 9.17) is 62.2 Å². The van der Waals surface area contributed by atoms with Crippen LogP contribution in [0, 0.1) is 0 Å². The molecule has 0 radical (unpaired) electrons. The monoisotopic (exact) mass is 1480 g/mol. The predicted octanol–water partition coefficient (Wildman–Crippen LogP) is 20.8. The lowest BCUT2D eigenvalue weighted by atomic mass is 9.78. The van der Waals surface area contributed by atoms with E-state index in [1.165, 1.54) is 16.3 Å². The van der Waals surface area contributed by atoms with Crippen LogP contribution in [0.1, 0.15) is 83.1 Å². The summed E-state index contributed by atoms with van der Waals surface area (Å²) in [5.41, 5.74) is 17.4. The SMILES string of the molecule is CC1(C)OB(c2ccc(-c3nc(-c4ccc5c6ccccc6n(-c6ccccc6)c5c4)c4ccccc4n3)cc2)OC1(C)C.CC1(C)OB(c2ccc(-c3nc(-c4ccc5oc6ccccc6c5c4)c4ccccc4n3)cc2)OC1(C)C.CC1(C)OB(c2ccc(-c3nc(-c4ccccc4)nc4ccccc34)cc2)OC1(C)C. The summed E-state index contributed by atoms with van der Waals surface area (Å²) in [6, 6.07) is 99.5. The molecular weight excluding hydrogens is 1400 g/mol. The van der Waals surface area contributed by atoms with Gasteiger partial charge >= 0.3 is 21.4 Å². The molecule has 8 heterocycles. The Morgan fingerprint density at radius 1 is 0.239 bits per heavy atom. The second-order valence-electron chi connectivity index (χ2n) is 32.5. The van der Waals surface area contributed by atoms with Gasteiger partial charge in [-0.15, -0.1) is 0 Å². The minimum absolute atomic E-state index is 0.357. The highest BCUT2D eigenvalue weighted by molar-refractivity contribution is 6.63. The predicted molar refractivity (Wildman–Crippen MR) is 460 cm³/mol. The van der Waals surface area contributed by atoms with Crippen LogP contribution < -0.4 is 16.4 Å². The molecule has 0 amide bonds. The van der Waals surface area contributed by atoms with Gasteiger partial charge in [0.1, 0.15) is 11.2 Å². The standard InChI is InChI=1S/C38H32BN3O2.C32H27BN2O3.C26H25BN2O2/c1-37(2)38(3,4)44-39(43-37)27-21-18-25(19-22-27)36-40-32-16-10-8-15-31(32)35(41-36)26-20-23-30-29-14-9-11-17-33(29)42(34(30)24-26)28-12-6-5-7-13-28;1-31(2)32(3,4)38-33(37-31)22-16-13-20(14-17-22)30-34-26-11-7-5-10-24(26)29(35-30)21-15-18-28-25(19-21)23-9-6-8-12-27(23)36-28;1-25(2)26(3,4)31-27(30-25)20-16-14-18(15-17-20)23-21-12-8-9-13-22(21)28-24(29-23)19-10-6-5-7-11-19/h5-24H,1-4H3;5-19H,1-4H3;5-17H,1-4H3. The Hall–Kier alpha value is -11.8. The van der Waals surface area contributed by atoms with Gasteiger partial charge in [0.25, 0.3) is 0 Å². The van der Waals surface area contributed by atoms with Crippen molar-refractivity contribution in [3.05, 3.63) is 291 Å². The molecule has 0 atom stereocenters. The van der Waals surface area contributed by atoms with Crippen LogP contribution >= 0.6 is 0 Å². The Kier molecular flexibility index (Phi) is 18.1. The summed E-state index contributed by atoms with van der Waals surface area (Å²) < 4.78 is 45.8. The molecule has 3 fully saturated rings. The van der Waals surface area contributed by atoms with Gasteiger partial charge in [-0.05, 0) is 166 Å². The van der Waals surface area contributed by atoms with Crippen LogP contribution in [0.2, 0.25) is 0 Å². The van der Waals surface area contributed by atoms with Crippen molar-refractivity contribution in [3.63, 3.8) is 0 Å². The van der Waals surface area contributed by atoms with Gasteiger partial charge in [-0.1, -0.05) is 224 Å². The number of nitrogens with zero attached hydrogens (tertiary/aromatic N) is 7. The zero-order chi connectivity index (χ0) is 77.8. The topological polar surface area (TPSA) is 151 Å². The highest BCUT2D eigenvalue weighted by atomic mass is 16.7. The lowest BCUT2D eigenvalue weighted by Gasteiger charge is -2.32. The Morgan fingerprint density at radius 2 is 0.558 bits per heavy atom. The Balaban J connectivity index is 0.000000120. The van der Waals surface area contributed by atoms with Gasteiger partial charge in [-0.2, -0.15) is 0 Å². The van der Waals surface area contributed by atoms with E-state index in [0.29, 0.717) is 11.6 Å². The third-order valence-corrected chi connectivity index (χ3v) is 23.6. The highest BCUT2D eigenvalue weighted by Gasteiger charge is 2.54. The van der Waals surface area contributed by atoms with Gasteiger partial charge in [-0.3, -0.25) is 0 Å². The summed E-state index contributed by atoms with van der Waals surface area (Å²) in [6.45, 7) is 24.8. The second kappa shape index (κ2) is 28.1. The molecule has 3 saturated heterocycles. The minimum Gasteiger partial charge on any atom is -0.456 e. The summed E-state index contributed by atoms with van der Waals surface area (Å²) in [6.07, 6.45) is 0. The van der Waals surface area contributed by atoms with E-state index < -0.39 is 14.2 Å². The molecule has 0 unspecified atom stereocenters. The van der Waals surface area contributed by atoms with Gasteiger partial charge in [0.05, 0.1) is 78.3 Å². The quantitative estimate of drug-likeness (QED) is 0.120. The van der Waals surface area contributed by atoms with Gasteiger partial charge in [0.2, 0.25) is 0 Å². The number of furan rings is 1. The molecule has 17 aromatic rings. The summed E-state index contributed by atoms with van der Waals surface area (Å²) in [5, 5.41) is 7.68. The van der Waals surface area contributed by atoms with Gasteiger partial charge < -0.3 is 36.9 Å². The molecule has 20 rings (SSSR count). The largest absolute Gasteiger partial charge is 0.494 e. The van der Waals surface area contributed by atoms with Gasteiger partial charge in [0.15, 0.2) is 17.5 Å². The Labute approximate surface area is 658 Å². The number of fused-ring (bicyclic) bond motifs is 9. The average molecular weight is 1480 g/mol. The molecule has 14 nitrogen and oxygen atoms in total. The molecule has 0 spiro atoms. The van der Waals surface area contributed by atoms with Crippen LogP contribution in [-0.2, 0) is 27.9 Å². The maximum absolute atomic E-state index is 6.27. The maximum atomic E-state index is 6.27. The minimum atomic E-state index is -0.412. The van der Waals surface area contributed by atoms with Crippen molar-refractivity contribution in [3.8, 4) is 73.6 Å². The maximum Gasteiger partial charge on any atom is 0.494 e. The molecule has 17 heteroatoms. The number of benzene rings is 12. The van der Waals surface area contributed by atoms with E-state index >= 15 is 0 Å². The lowest BCUT2D eigenvalue weighted by Crippen LogP contribution is -2.41. The van der Waals surface area contributed by atoms with Crippen molar-refractivity contribution in [1.82, 2.24) is 34.5 Å². The fourth-order valence-corrected chi connectivity index (χ4v) is 15.0.